The molecule has 2 rings (SSSR count). The summed E-state index contributed by atoms with van der Waals surface area (Å²) in [5.74, 6) is 0.482. The van der Waals surface area contributed by atoms with Gasteiger partial charge in [0.05, 0.1) is 17.9 Å². The summed E-state index contributed by atoms with van der Waals surface area (Å²) in [5, 5.41) is 3.31. The topological polar surface area (TPSA) is 28.2 Å². The van der Waals surface area contributed by atoms with Crippen molar-refractivity contribution < 1.29 is 4.39 Å². The third kappa shape index (κ3) is 5.36. The molecule has 0 spiro atoms. The zero-order valence-electron chi connectivity index (χ0n) is 13.5. The van der Waals surface area contributed by atoms with Crippen molar-refractivity contribution in [3.63, 3.8) is 0 Å². The highest BCUT2D eigenvalue weighted by Crippen LogP contribution is 2.28. The third-order valence-corrected chi connectivity index (χ3v) is 4.22. The van der Waals surface area contributed by atoms with E-state index < -0.39 is 0 Å². The van der Waals surface area contributed by atoms with Crippen molar-refractivity contribution in [3.05, 3.63) is 29.8 Å². The van der Waals surface area contributed by atoms with Gasteiger partial charge in [0, 0.05) is 12.6 Å². The fraction of sp³-hybridized carbons (Fsp3) is 0.706. The maximum atomic E-state index is 13.0. The van der Waals surface area contributed by atoms with Gasteiger partial charge in [-0.2, -0.15) is 0 Å². The van der Waals surface area contributed by atoms with E-state index in [2.05, 4.69) is 29.0 Å². The molecule has 0 aliphatic heterocycles. The van der Waals surface area contributed by atoms with Gasteiger partial charge in [0.15, 0.2) is 0 Å². The first kappa shape index (κ1) is 16.4. The zero-order chi connectivity index (χ0) is 15.2. The number of hydrogen-bond donors (Lipinski definition) is 1. The highest BCUT2D eigenvalue weighted by atomic mass is 19.1. The average molecular weight is 293 g/mol. The first-order valence-corrected chi connectivity index (χ1v) is 8.13. The van der Waals surface area contributed by atoms with Crippen molar-refractivity contribution >= 4 is 0 Å². The van der Waals surface area contributed by atoms with Crippen molar-refractivity contribution in [2.45, 2.75) is 51.6 Å². The minimum Gasteiger partial charge on any atom is -0.312 e. The SMILES string of the molecule is CNC(CCN(CCC(C)C)C1CC1)c1ccc(F)cn1. The predicted molar refractivity (Wildman–Crippen MR) is 84.7 cm³/mol. The van der Waals surface area contributed by atoms with Gasteiger partial charge in [0.25, 0.3) is 0 Å². The lowest BCUT2D eigenvalue weighted by Gasteiger charge is -2.25. The monoisotopic (exact) mass is 293 g/mol. The standard InChI is InChI=1S/C17H28FN3/c1-13(2)8-10-21(15-5-6-15)11-9-16(19-3)17-7-4-14(18)12-20-17/h4,7,12-13,15-16,19H,5-6,8-11H2,1-3H3. The molecule has 1 N–H and O–H groups in total. The first-order chi connectivity index (χ1) is 10.1. The Balaban J connectivity index is 1.86. The van der Waals surface area contributed by atoms with E-state index in [1.165, 1.54) is 38.1 Å². The van der Waals surface area contributed by atoms with E-state index in [0.717, 1.165) is 30.6 Å². The molecule has 1 aliphatic carbocycles. The van der Waals surface area contributed by atoms with Crippen LogP contribution in [0.15, 0.2) is 18.3 Å². The van der Waals surface area contributed by atoms with Crippen molar-refractivity contribution in [2.75, 3.05) is 20.1 Å². The van der Waals surface area contributed by atoms with E-state index >= 15 is 0 Å². The molecule has 4 heteroatoms. The van der Waals surface area contributed by atoms with E-state index in [-0.39, 0.29) is 11.9 Å². The summed E-state index contributed by atoms with van der Waals surface area (Å²) in [6, 6.07) is 4.27. The van der Waals surface area contributed by atoms with Crippen LogP contribution in [0.1, 0.15) is 51.3 Å². The minimum atomic E-state index is -0.273. The Bertz CT molecular complexity index is 415. The number of nitrogens with one attached hydrogen (secondary N) is 1. The quantitative estimate of drug-likeness (QED) is 0.756. The summed E-state index contributed by atoms with van der Waals surface area (Å²) < 4.78 is 13.0. The van der Waals surface area contributed by atoms with Crippen LogP contribution in [-0.4, -0.2) is 36.1 Å². The van der Waals surface area contributed by atoms with Gasteiger partial charge in [-0.25, -0.2) is 4.39 Å². The number of pyridine rings is 1. The summed E-state index contributed by atoms with van der Waals surface area (Å²) >= 11 is 0. The molecule has 0 amide bonds. The van der Waals surface area contributed by atoms with Crippen LogP contribution in [0.3, 0.4) is 0 Å². The van der Waals surface area contributed by atoms with E-state index in [1.807, 2.05) is 7.05 Å². The Morgan fingerprint density at radius 2 is 2.00 bits per heavy atom. The molecule has 118 valence electrons. The van der Waals surface area contributed by atoms with Crippen LogP contribution >= 0.6 is 0 Å². The molecule has 1 aromatic heterocycles. The van der Waals surface area contributed by atoms with Crippen LogP contribution in [0.25, 0.3) is 0 Å². The van der Waals surface area contributed by atoms with Gasteiger partial charge >= 0.3 is 0 Å². The lowest BCUT2D eigenvalue weighted by atomic mass is 10.1. The number of rotatable bonds is 9. The molecule has 21 heavy (non-hydrogen) atoms. The van der Waals surface area contributed by atoms with E-state index in [4.69, 9.17) is 0 Å². The maximum Gasteiger partial charge on any atom is 0.141 e. The normalized spacial score (nSPS) is 16.7. The Hall–Kier alpha value is -1.00. The molecule has 1 heterocycles. The molecule has 1 atom stereocenters. The van der Waals surface area contributed by atoms with Crippen LogP contribution in [0.5, 0.6) is 0 Å². The van der Waals surface area contributed by atoms with Crippen LogP contribution in [0.2, 0.25) is 0 Å². The number of halogens is 1. The van der Waals surface area contributed by atoms with Gasteiger partial charge in [-0.1, -0.05) is 13.8 Å². The largest absolute Gasteiger partial charge is 0.312 e. The van der Waals surface area contributed by atoms with E-state index in [9.17, 15) is 4.39 Å². The van der Waals surface area contributed by atoms with Crippen LogP contribution in [0.4, 0.5) is 4.39 Å². The summed E-state index contributed by atoms with van der Waals surface area (Å²) in [6.45, 7) is 6.84. The first-order valence-electron chi connectivity index (χ1n) is 8.13. The Morgan fingerprint density at radius 1 is 1.29 bits per heavy atom. The summed E-state index contributed by atoms with van der Waals surface area (Å²) in [5.41, 5.74) is 0.929. The van der Waals surface area contributed by atoms with Gasteiger partial charge in [0.1, 0.15) is 5.82 Å². The number of nitrogens with zero attached hydrogens (tertiary/aromatic N) is 2. The predicted octanol–water partition coefficient (Wildman–Crippen LogP) is 3.38. The lowest BCUT2D eigenvalue weighted by Crippen LogP contribution is -2.32. The number of hydrogen-bond acceptors (Lipinski definition) is 3. The molecular weight excluding hydrogens is 265 g/mol. The molecule has 1 saturated carbocycles. The molecule has 0 saturated heterocycles. The molecule has 1 aliphatic rings. The average Bonchev–Trinajstić information content (AvgIpc) is 3.28. The molecule has 0 aromatic carbocycles. The van der Waals surface area contributed by atoms with Crippen molar-refractivity contribution in [1.82, 2.24) is 15.2 Å². The second kappa shape index (κ2) is 7.85. The smallest absolute Gasteiger partial charge is 0.141 e. The second-order valence-corrected chi connectivity index (χ2v) is 6.48. The van der Waals surface area contributed by atoms with Gasteiger partial charge in [-0.3, -0.25) is 4.98 Å². The lowest BCUT2D eigenvalue weighted by molar-refractivity contribution is 0.234. The second-order valence-electron chi connectivity index (χ2n) is 6.48. The molecular formula is C17H28FN3. The number of aromatic nitrogens is 1. The summed E-state index contributed by atoms with van der Waals surface area (Å²) in [4.78, 5) is 6.82. The summed E-state index contributed by atoms with van der Waals surface area (Å²) in [6.07, 6.45) is 6.27. The molecule has 3 nitrogen and oxygen atoms in total. The van der Waals surface area contributed by atoms with E-state index in [0.29, 0.717) is 0 Å². The van der Waals surface area contributed by atoms with E-state index in [1.54, 1.807) is 6.07 Å². The fourth-order valence-electron chi connectivity index (χ4n) is 2.67. The fourth-order valence-corrected chi connectivity index (χ4v) is 2.67. The zero-order valence-corrected chi connectivity index (χ0v) is 13.5. The van der Waals surface area contributed by atoms with Crippen LogP contribution < -0.4 is 5.32 Å². The maximum absolute atomic E-state index is 13.0. The van der Waals surface area contributed by atoms with Gasteiger partial charge < -0.3 is 10.2 Å². The molecule has 1 aromatic rings. The minimum absolute atomic E-state index is 0.200. The molecule has 0 radical (unpaired) electrons. The molecule has 1 unspecified atom stereocenters. The molecule has 1 fully saturated rings. The van der Waals surface area contributed by atoms with Gasteiger partial charge in [0.2, 0.25) is 0 Å². The van der Waals surface area contributed by atoms with Gasteiger partial charge in [-0.15, -0.1) is 0 Å². The van der Waals surface area contributed by atoms with Crippen molar-refractivity contribution in [2.24, 2.45) is 5.92 Å². The van der Waals surface area contributed by atoms with Crippen LogP contribution in [-0.2, 0) is 0 Å². The van der Waals surface area contributed by atoms with Crippen molar-refractivity contribution in [3.8, 4) is 0 Å². The van der Waals surface area contributed by atoms with Crippen molar-refractivity contribution in [1.29, 1.82) is 0 Å². The Kier molecular flexibility index (Phi) is 6.12. The Morgan fingerprint density at radius 3 is 2.52 bits per heavy atom. The Labute approximate surface area is 127 Å². The van der Waals surface area contributed by atoms with Gasteiger partial charge in [-0.05, 0) is 57.3 Å². The molecule has 0 bridgehead atoms. The third-order valence-electron chi connectivity index (χ3n) is 4.22. The highest BCUT2D eigenvalue weighted by molar-refractivity contribution is 5.09. The van der Waals surface area contributed by atoms with Crippen LogP contribution in [0, 0.1) is 11.7 Å². The summed E-state index contributed by atoms with van der Waals surface area (Å²) in [7, 11) is 1.95. The highest BCUT2D eigenvalue weighted by Gasteiger charge is 2.29.